The number of aromatic hydroxyl groups is 1. The Balaban J connectivity index is 2.27. The fourth-order valence-corrected chi connectivity index (χ4v) is 2.54. The lowest BCUT2D eigenvalue weighted by molar-refractivity contribution is -0.148. The van der Waals surface area contributed by atoms with Gasteiger partial charge in [0.25, 0.3) is 5.91 Å². The molecule has 108 valence electrons. The van der Waals surface area contributed by atoms with Crippen molar-refractivity contribution in [2.75, 3.05) is 13.1 Å². The van der Waals surface area contributed by atoms with Crippen LogP contribution in [0.2, 0.25) is 0 Å². The van der Waals surface area contributed by atoms with E-state index in [9.17, 15) is 24.2 Å². The minimum Gasteiger partial charge on any atom is -0.507 e. The van der Waals surface area contributed by atoms with Crippen LogP contribution in [-0.2, 0) is 4.79 Å². The molecule has 2 N–H and O–H groups in total. The van der Waals surface area contributed by atoms with Crippen molar-refractivity contribution in [3.05, 3.63) is 29.6 Å². The van der Waals surface area contributed by atoms with E-state index in [1.54, 1.807) is 6.92 Å². The second-order valence-corrected chi connectivity index (χ2v) is 5.05. The minimum absolute atomic E-state index is 0.0332. The van der Waals surface area contributed by atoms with E-state index in [4.69, 9.17) is 0 Å². The average molecular weight is 281 g/mol. The van der Waals surface area contributed by atoms with Crippen LogP contribution in [0, 0.1) is 11.2 Å². The van der Waals surface area contributed by atoms with E-state index in [-0.39, 0.29) is 13.1 Å². The first kappa shape index (κ1) is 14.3. The number of hydrogen-bond donors (Lipinski definition) is 2. The lowest BCUT2D eigenvalue weighted by atomic mass is 9.84. The number of benzene rings is 1. The van der Waals surface area contributed by atoms with Crippen LogP contribution in [0.1, 0.15) is 30.1 Å². The normalized spacial score (nSPS) is 22.0. The number of aliphatic carboxylic acids is 1. The zero-order chi connectivity index (χ0) is 14.9. The Hall–Kier alpha value is -2.11. The van der Waals surface area contributed by atoms with Crippen LogP contribution in [0.4, 0.5) is 4.39 Å². The number of nitrogens with zero attached hydrogens (tertiary/aromatic N) is 1. The number of halogens is 1. The molecule has 2 rings (SSSR count). The van der Waals surface area contributed by atoms with Crippen LogP contribution in [-0.4, -0.2) is 40.1 Å². The molecule has 0 spiro atoms. The van der Waals surface area contributed by atoms with Gasteiger partial charge in [0.2, 0.25) is 0 Å². The second-order valence-electron chi connectivity index (χ2n) is 5.05. The molecule has 1 aromatic rings. The SMILES string of the molecule is CCC1(C(=O)O)CCN(C(=O)c2c(O)cccc2F)C1. The number of carbonyl (C=O) groups excluding carboxylic acids is 1. The molecule has 20 heavy (non-hydrogen) atoms. The molecule has 1 aromatic carbocycles. The second kappa shape index (κ2) is 5.11. The van der Waals surface area contributed by atoms with Crippen molar-refractivity contribution in [2.45, 2.75) is 19.8 Å². The predicted octanol–water partition coefficient (Wildman–Crippen LogP) is 1.86. The smallest absolute Gasteiger partial charge is 0.311 e. The van der Waals surface area contributed by atoms with Crippen LogP contribution in [0.15, 0.2) is 18.2 Å². The van der Waals surface area contributed by atoms with E-state index in [0.29, 0.717) is 12.8 Å². The summed E-state index contributed by atoms with van der Waals surface area (Å²) in [6.45, 7) is 2.03. The number of carbonyl (C=O) groups is 2. The van der Waals surface area contributed by atoms with Crippen molar-refractivity contribution in [3.8, 4) is 5.75 Å². The maximum absolute atomic E-state index is 13.7. The Kier molecular flexibility index (Phi) is 3.65. The topological polar surface area (TPSA) is 77.8 Å². The summed E-state index contributed by atoms with van der Waals surface area (Å²) >= 11 is 0. The van der Waals surface area contributed by atoms with Crippen LogP contribution < -0.4 is 0 Å². The van der Waals surface area contributed by atoms with Crippen LogP contribution in [0.3, 0.4) is 0 Å². The highest BCUT2D eigenvalue weighted by molar-refractivity contribution is 5.97. The quantitative estimate of drug-likeness (QED) is 0.886. The van der Waals surface area contributed by atoms with Crippen molar-refractivity contribution in [1.82, 2.24) is 4.90 Å². The van der Waals surface area contributed by atoms with E-state index in [1.165, 1.54) is 17.0 Å². The van der Waals surface area contributed by atoms with Crippen molar-refractivity contribution in [1.29, 1.82) is 0 Å². The summed E-state index contributed by atoms with van der Waals surface area (Å²) in [6.07, 6.45) is 0.731. The summed E-state index contributed by atoms with van der Waals surface area (Å²) in [5, 5.41) is 18.9. The molecule has 1 aliphatic rings. The van der Waals surface area contributed by atoms with Crippen molar-refractivity contribution >= 4 is 11.9 Å². The van der Waals surface area contributed by atoms with Gasteiger partial charge in [0.1, 0.15) is 17.1 Å². The summed E-state index contributed by atoms with van der Waals surface area (Å²) < 4.78 is 13.7. The molecule has 1 fully saturated rings. The third-order valence-corrected chi connectivity index (χ3v) is 3.98. The van der Waals surface area contributed by atoms with Gasteiger partial charge in [0.05, 0.1) is 5.41 Å². The maximum Gasteiger partial charge on any atom is 0.311 e. The summed E-state index contributed by atoms with van der Waals surface area (Å²) in [6, 6.07) is 3.63. The molecule has 1 heterocycles. The zero-order valence-corrected chi connectivity index (χ0v) is 11.1. The number of phenolic OH excluding ortho intramolecular Hbond substituents is 1. The van der Waals surface area contributed by atoms with Gasteiger partial charge in [-0.2, -0.15) is 0 Å². The van der Waals surface area contributed by atoms with Gasteiger partial charge in [-0.3, -0.25) is 9.59 Å². The fourth-order valence-electron chi connectivity index (χ4n) is 2.54. The monoisotopic (exact) mass is 281 g/mol. The highest BCUT2D eigenvalue weighted by atomic mass is 19.1. The Morgan fingerprint density at radius 3 is 2.65 bits per heavy atom. The first-order valence-electron chi connectivity index (χ1n) is 6.41. The van der Waals surface area contributed by atoms with Gasteiger partial charge < -0.3 is 15.1 Å². The Bertz CT molecular complexity index is 540. The highest BCUT2D eigenvalue weighted by Crippen LogP contribution is 2.35. The largest absolute Gasteiger partial charge is 0.507 e. The molecule has 6 heteroatoms. The van der Waals surface area contributed by atoms with Gasteiger partial charge >= 0.3 is 5.97 Å². The van der Waals surface area contributed by atoms with Gasteiger partial charge in [-0.05, 0) is 25.0 Å². The third-order valence-electron chi connectivity index (χ3n) is 3.98. The summed E-state index contributed by atoms with van der Waals surface area (Å²) in [4.78, 5) is 24.9. The first-order chi connectivity index (χ1) is 9.41. The van der Waals surface area contributed by atoms with E-state index < -0.39 is 34.4 Å². The van der Waals surface area contributed by atoms with Gasteiger partial charge in [-0.25, -0.2) is 4.39 Å². The highest BCUT2D eigenvalue weighted by Gasteiger charge is 2.45. The first-order valence-corrected chi connectivity index (χ1v) is 6.41. The number of carboxylic acid groups (broad SMARTS) is 1. The molecule has 1 unspecified atom stereocenters. The molecular weight excluding hydrogens is 265 g/mol. The molecule has 1 amide bonds. The lowest BCUT2D eigenvalue weighted by Crippen LogP contribution is -2.36. The predicted molar refractivity (Wildman–Crippen MR) is 68.9 cm³/mol. The van der Waals surface area contributed by atoms with Gasteiger partial charge in [0, 0.05) is 13.1 Å². The van der Waals surface area contributed by atoms with E-state index in [0.717, 1.165) is 6.07 Å². The lowest BCUT2D eigenvalue weighted by Gasteiger charge is -2.23. The Morgan fingerprint density at radius 1 is 1.45 bits per heavy atom. The maximum atomic E-state index is 13.7. The van der Waals surface area contributed by atoms with Crippen LogP contribution in [0.25, 0.3) is 0 Å². The summed E-state index contributed by atoms with van der Waals surface area (Å²) in [7, 11) is 0. The molecule has 1 aliphatic heterocycles. The van der Waals surface area contributed by atoms with E-state index in [2.05, 4.69) is 0 Å². The molecule has 0 saturated carbocycles. The number of rotatable bonds is 3. The molecule has 1 atom stereocenters. The van der Waals surface area contributed by atoms with Gasteiger partial charge in [-0.1, -0.05) is 13.0 Å². The van der Waals surface area contributed by atoms with E-state index in [1.807, 2.05) is 0 Å². The Labute approximate surface area is 115 Å². The van der Waals surface area contributed by atoms with Gasteiger partial charge in [-0.15, -0.1) is 0 Å². The van der Waals surface area contributed by atoms with Crippen LogP contribution in [0.5, 0.6) is 5.75 Å². The number of phenols is 1. The molecule has 0 aromatic heterocycles. The van der Waals surface area contributed by atoms with Crippen LogP contribution >= 0.6 is 0 Å². The number of amides is 1. The molecule has 1 saturated heterocycles. The fraction of sp³-hybridized carbons (Fsp3) is 0.429. The van der Waals surface area contributed by atoms with Crippen molar-refractivity contribution in [2.24, 2.45) is 5.41 Å². The third kappa shape index (κ3) is 2.21. The molecule has 0 radical (unpaired) electrons. The van der Waals surface area contributed by atoms with Gasteiger partial charge in [0.15, 0.2) is 0 Å². The summed E-state index contributed by atoms with van der Waals surface area (Å²) in [5.41, 5.74) is -1.37. The zero-order valence-electron chi connectivity index (χ0n) is 11.1. The Morgan fingerprint density at radius 2 is 2.15 bits per heavy atom. The molecule has 0 aliphatic carbocycles. The molecule has 5 nitrogen and oxygen atoms in total. The summed E-state index contributed by atoms with van der Waals surface area (Å²) in [5.74, 6) is -2.86. The standard InChI is InChI=1S/C14H16FNO4/c1-2-14(13(19)20)6-7-16(8-14)12(18)11-9(15)4-3-5-10(11)17/h3-5,17H,2,6-8H2,1H3,(H,19,20). The van der Waals surface area contributed by atoms with Crippen molar-refractivity contribution < 1.29 is 24.2 Å². The average Bonchev–Trinajstić information content (AvgIpc) is 2.84. The minimum atomic E-state index is -0.976. The van der Waals surface area contributed by atoms with Crippen molar-refractivity contribution in [3.63, 3.8) is 0 Å². The number of likely N-dealkylation sites (tertiary alicyclic amines) is 1. The number of hydrogen-bond acceptors (Lipinski definition) is 3. The molecule has 0 bridgehead atoms. The molecular formula is C14H16FNO4. The van der Waals surface area contributed by atoms with E-state index >= 15 is 0 Å². The number of carboxylic acids is 1.